The van der Waals surface area contributed by atoms with Crippen LogP contribution in [0.3, 0.4) is 0 Å². The molecule has 3 rings (SSSR count). The minimum atomic E-state index is -4.77. The van der Waals surface area contributed by atoms with Crippen molar-refractivity contribution in [2.45, 2.75) is 54.6 Å². The summed E-state index contributed by atoms with van der Waals surface area (Å²) in [6.07, 6.45) is -3.29. The molecular weight excluding hydrogens is 333 g/mol. The van der Waals surface area contributed by atoms with Gasteiger partial charge in [0.2, 0.25) is 0 Å². The van der Waals surface area contributed by atoms with Crippen LogP contribution in [0.25, 0.3) is 0 Å². The first-order chi connectivity index (χ1) is 10.6. The number of aliphatic hydroxyl groups is 1. The normalized spacial score (nSPS) is 32.7. The summed E-state index contributed by atoms with van der Waals surface area (Å²) < 4.78 is 64.8. The number of hydrogen-bond acceptors (Lipinski definition) is 4. The average Bonchev–Trinajstić information content (AvgIpc) is 2.57. The number of halogens is 3. The largest absolute Gasteiger partial charge is 0.573 e. The molecule has 8 heteroatoms. The molecule has 2 aliphatic rings. The lowest BCUT2D eigenvalue weighted by Gasteiger charge is -2.36. The highest BCUT2D eigenvalue weighted by molar-refractivity contribution is 7.93. The first-order valence-electron chi connectivity index (χ1n) is 7.37. The highest BCUT2D eigenvalue weighted by Gasteiger charge is 2.52. The van der Waals surface area contributed by atoms with Gasteiger partial charge in [0.1, 0.15) is 5.75 Å². The number of sulfone groups is 1. The Morgan fingerprint density at radius 1 is 1.22 bits per heavy atom. The van der Waals surface area contributed by atoms with Crippen molar-refractivity contribution in [3.8, 4) is 5.75 Å². The lowest BCUT2D eigenvalue weighted by Crippen LogP contribution is -2.46. The molecule has 2 heterocycles. The maximum Gasteiger partial charge on any atom is 0.573 e. The van der Waals surface area contributed by atoms with Gasteiger partial charge in [-0.15, -0.1) is 13.2 Å². The van der Waals surface area contributed by atoms with Gasteiger partial charge in [-0.3, -0.25) is 0 Å². The molecule has 1 N–H and O–H groups in total. The van der Waals surface area contributed by atoms with Gasteiger partial charge in [0, 0.05) is 6.42 Å². The van der Waals surface area contributed by atoms with Gasteiger partial charge in [-0.05, 0) is 43.4 Å². The van der Waals surface area contributed by atoms with Crippen LogP contribution in [0, 0.1) is 0 Å². The summed E-state index contributed by atoms with van der Waals surface area (Å²) >= 11 is 0. The van der Waals surface area contributed by atoms with Crippen LogP contribution in [0.15, 0.2) is 24.3 Å². The molecule has 0 saturated carbocycles. The minimum Gasteiger partial charge on any atom is -0.406 e. The average molecular weight is 350 g/mol. The molecule has 2 bridgehead atoms. The van der Waals surface area contributed by atoms with E-state index in [0.717, 1.165) is 0 Å². The third kappa shape index (κ3) is 3.47. The van der Waals surface area contributed by atoms with E-state index in [9.17, 15) is 26.7 Å². The Labute approximate surface area is 132 Å². The van der Waals surface area contributed by atoms with E-state index in [-0.39, 0.29) is 25.0 Å². The molecule has 2 aliphatic heterocycles. The van der Waals surface area contributed by atoms with Crippen molar-refractivity contribution in [2.24, 2.45) is 0 Å². The molecular formula is C15H17F3O4S. The topological polar surface area (TPSA) is 63.6 Å². The second-order valence-corrected chi connectivity index (χ2v) is 8.93. The van der Waals surface area contributed by atoms with Crippen molar-refractivity contribution >= 4 is 9.84 Å². The zero-order valence-corrected chi connectivity index (χ0v) is 13.0. The molecule has 128 valence electrons. The lowest BCUT2D eigenvalue weighted by molar-refractivity contribution is -0.274. The van der Waals surface area contributed by atoms with E-state index in [1.807, 2.05) is 0 Å². The number of ether oxygens (including phenoxy) is 1. The second kappa shape index (κ2) is 5.37. The van der Waals surface area contributed by atoms with E-state index in [1.165, 1.54) is 18.2 Å². The van der Waals surface area contributed by atoms with E-state index >= 15 is 0 Å². The highest BCUT2D eigenvalue weighted by Crippen LogP contribution is 2.44. The summed E-state index contributed by atoms with van der Waals surface area (Å²) in [6.45, 7) is 0. The summed E-state index contributed by atoms with van der Waals surface area (Å²) in [7, 11) is -3.16. The summed E-state index contributed by atoms with van der Waals surface area (Å²) in [5.41, 5.74) is -0.707. The molecule has 0 radical (unpaired) electrons. The van der Waals surface area contributed by atoms with Crippen LogP contribution in [0.1, 0.15) is 31.2 Å². The Balaban J connectivity index is 1.76. The molecule has 0 amide bonds. The van der Waals surface area contributed by atoms with Gasteiger partial charge in [0.05, 0.1) is 16.1 Å². The SMILES string of the molecule is O=S1(=O)C2CCC1CC(O)(Cc1cccc(OC(F)(F)F)c1)C2. The first-order valence-corrected chi connectivity index (χ1v) is 8.98. The van der Waals surface area contributed by atoms with Crippen LogP contribution in [0.5, 0.6) is 5.75 Å². The van der Waals surface area contributed by atoms with Crippen LogP contribution < -0.4 is 4.74 Å². The third-order valence-corrected chi connectivity index (χ3v) is 7.28. The molecule has 2 atom stereocenters. The van der Waals surface area contributed by atoms with Crippen LogP contribution in [-0.2, 0) is 16.3 Å². The zero-order valence-electron chi connectivity index (χ0n) is 12.2. The standard InChI is InChI=1S/C15H17F3O4S/c16-15(17,18)22-11-3-1-2-10(6-11)7-14(19)8-12-4-5-13(9-14)23(12,20)21/h1-3,6,12-13,19H,4-5,7-9H2. The van der Waals surface area contributed by atoms with Crippen molar-refractivity contribution in [1.29, 1.82) is 0 Å². The molecule has 23 heavy (non-hydrogen) atoms. The second-order valence-electron chi connectivity index (χ2n) is 6.41. The third-order valence-electron chi connectivity index (χ3n) is 4.62. The van der Waals surface area contributed by atoms with E-state index in [1.54, 1.807) is 6.07 Å². The summed E-state index contributed by atoms with van der Waals surface area (Å²) in [5, 5.41) is 9.65. The number of rotatable bonds is 3. The summed E-state index contributed by atoms with van der Waals surface area (Å²) in [4.78, 5) is 0. The molecule has 2 unspecified atom stereocenters. The molecule has 2 fully saturated rings. The predicted molar refractivity (Wildman–Crippen MR) is 76.7 cm³/mol. The fraction of sp³-hybridized carbons (Fsp3) is 0.600. The van der Waals surface area contributed by atoms with Crippen molar-refractivity contribution < 1.29 is 31.4 Å². The lowest BCUT2D eigenvalue weighted by atomic mass is 9.87. The van der Waals surface area contributed by atoms with Crippen molar-refractivity contribution in [1.82, 2.24) is 0 Å². The van der Waals surface area contributed by atoms with Gasteiger partial charge >= 0.3 is 6.36 Å². The number of benzene rings is 1. The number of fused-ring (bicyclic) bond motifs is 2. The van der Waals surface area contributed by atoms with Crippen LogP contribution >= 0.6 is 0 Å². The van der Waals surface area contributed by atoms with Crippen LogP contribution in [0.2, 0.25) is 0 Å². The highest BCUT2D eigenvalue weighted by atomic mass is 32.2. The fourth-order valence-electron chi connectivity index (χ4n) is 3.72. The maximum absolute atomic E-state index is 12.3. The van der Waals surface area contributed by atoms with Gasteiger partial charge in [-0.1, -0.05) is 12.1 Å². The summed E-state index contributed by atoms with van der Waals surface area (Å²) in [5.74, 6) is -0.343. The van der Waals surface area contributed by atoms with Gasteiger partial charge in [-0.2, -0.15) is 0 Å². The Morgan fingerprint density at radius 3 is 2.39 bits per heavy atom. The molecule has 2 saturated heterocycles. The fourth-order valence-corrected chi connectivity index (χ4v) is 6.28. The quantitative estimate of drug-likeness (QED) is 0.910. The Kier molecular flexibility index (Phi) is 3.87. The molecule has 4 nitrogen and oxygen atoms in total. The van der Waals surface area contributed by atoms with Crippen molar-refractivity contribution in [2.75, 3.05) is 0 Å². The summed E-state index contributed by atoms with van der Waals surface area (Å²) in [6, 6.07) is 5.45. The van der Waals surface area contributed by atoms with Crippen LogP contribution in [0.4, 0.5) is 13.2 Å². The smallest absolute Gasteiger partial charge is 0.406 e. The van der Waals surface area contributed by atoms with Crippen molar-refractivity contribution in [3.05, 3.63) is 29.8 Å². The van der Waals surface area contributed by atoms with E-state index in [4.69, 9.17) is 0 Å². The molecule has 0 aromatic heterocycles. The van der Waals surface area contributed by atoms with Gasteiger partial charge < -0.3 is 9.84 Å². The van der Waals surface area contributed by atoms with Gasteiger partial charge in [-0.25, -0.2) is 8.42 Å². The molecule has 0 spiro atoms. The molecule has 1 aromatic rings. The predicted octanol–water partition coefficient (Wildman–Crippen LogP) is 2.60. The number of alkyl halides is 3. The first kappa shape index (κ1) is 16.6. The van der Waals surface area contributed by atoms with E-state index in [2.05, 4.69) is 4.74 Å². The zero-order chi connectivity index (χ0) is 16.9. The maximum atomic E-state index is 12.3. The molecule has 1 aromatic carbocycles. The monoisotopic (exact) mass is 350 g/mol. The van der Waals surface area contributed by atoms with Gasteiger partial charge in [0.25, 0.3) is 0 Å². The van der Waals surface area contributed by atoms with E-state index < -0.39 is 32.3 Å². The Bertz CT molecular complexity index is 679. The van der Waals surface area contributed by atoms with Crippen molar-refractivity contribution in [3.63, 3.8) is 0 Å². The minimum absolute atomic E-state index is 0.116. The van der Waals surface area contributed by atoms with Crippen LogP contribution in [-0.4, -0.2) is 36.0 Å². The van der Waals surface area contributed by atoms with E-state index in [0.29, 0.717) is 18.4 Å². The number of hydrogen-bond donors (Lipinski definition) is 1. The van der Waals surface area contributed by atoms with Gasteiger partial charge in [0.15, 0.2) is 9.84 Å². The Morgan fingerprint density at radius 2 is 1.83 bits per heavy atom. The Hall–Kier alpha value is -1.28. The molecule has 0 aliphatic carbocycles.